The van der Waals surface area contributed by atoms with Crippen LogP contribution in [0.4, 0.5) is 0 Å². The van der Waals surface area contributed by atoms with Crippen LogP contribution in [0.15, 0.2) is 0 Å². The first-order valence-electron chi connectivity index (χ1n) is 3.02. The van der Waals surface area contributed by atoms with Crippen LogP contribution < -0.4 is 5.32 Å². The number of methoxy groups -OCH3 is 1. The van der Waals surface area contributed by atoms with Gasteiger partial charge in [0.2, 0.25) is 0 Å². The van der Waals surface area contributed by atoms with E-state index in [1.807, 2.05) is 0 Å². The second kappa shape index (κ2) is 6.12. The number of carbonyl (C=O) groups excluding carboxylic acids is 1. The molecule has 0 aliphatic heterocycles. The van der Waals surface area contributed by atoms with Crippen molar-refractivity contribution in [3.63, 3.8) is 0 Å². The normalized spacial score (nSPS) is 8.40. The third-order valence-electron chi connectivity index (χ3n) is 0.961. The summed E-state index contributed by atoms with van der Waals surface area (Å²) in [5.74, 6) is 2.18. The maximum absolute atomic E-state index is 10.5. The average Bonchev–Trinajstić information content (AvgIpc) is 1.98. The molecule has 0 radical (unpaired) electrons. The molecule has 0 aromatic heterocycles. The molecule has 0 spiro atoms. The van der Waals surface area contributed by atoms with E-state index in [2.05, 4.69) is 16.0 Å². The Bertz CT molecular complexity index is 137. The number of nitrogens with one attached hydrogen (secondary N) is 1. The van der Waals surface area contributed by atoms with Crippen LogP contribution in [0.3, 0.4) is 0 Å². The molecule has 0 saturated carbocycles. The number of terminal acetylenes is 1. The molecular formula is C7H11NO2. The molecule has 56 valence electrons. The van der Waals surface area contributed by atoms with Crippen molar-refractivity contribution in [3.8, 4) is 12.3 Å². The van der Waals surface area contributed by atoms with E-state index in [1.165, 1.54) is 7.11 Å². The van der Waals surface area contributed by atoms with Gasteiger partial charge in [0, 0.05) is 6.54 Å². The summed E-state index contributed by atoms with van der Waals surface area (Å²) in [6.07, 6.45) is 5.32. The number of ether oxygens (including phenoxy) is 1. The van der Waals surface area contributed by atoms with Gasteiger partial charge in [-0.3, -0.25) is 4.79 Å². The van der Waals surface area contributed by atoms with Crippen molar-refractivity contribution in [2.75, 3.05) is 20.2 Å². The van der Waals surface area contributed by atoms with Crippen LogP contribution in [0, 0.1) is 12.3 Å². The van der Waals surface area contributed by atoms with Gasteiger partial charge in [0.15, 0.2) is 0 Å². The third-order valence-corrected chi connectivity index (χ3v) is 0.961. The van der Waals surface area contributed by atoms with Gasteiger partial charge in [-0.05, 0) is 0 Å². The summed E-state index contributed by atoms with van der Waals surface area (Å²) in [5.41, 5.74) is 0. The van der Waals surface area contributed by atoms with Crippen molar-refractivity contribution < 1.29 is 9.53 Å². The Morgan fingerprint density at radius 2 is 2.50 bits per heavy atom. The Labute approximate surface area is 60.8 Å². The lowest BCUT2D eigenvalue weighted by atomic mass is 10.4. The Kier molecular flexibility index (Phi) is 5.50. The number of carbonyl (C=O) groups is 1. The number of hydrogen-bond donors (Lipinski definition) is 1. The molecule has 0 atom stereocenters. The summed E-state index contributed by atoms with van der Waals surface area (Å²) >= 11 is 0. The van der Waals surface area contributed by atoms with E-state index in [0.29, 0.717) is 19.5 Å². The van der Waals surface area contributed by atoms with Crippen molar-refractivity contribution in [2.45, 2.75) is 6.42 Å². The summed E-state index contributed by atoms with van der Waals surface area (Å²) < 4.78 is 4.40. The highest BCUT2D eigenvalue weighted by Gasteiger charge is 1.96. The van der Waals surface area contributed by atoms with E-state index in [4.69, 9.17) is 6.42 Å². The summed E-state index contributed by atoms with van der Waals surface area (Å²) in [4.78, 5) is 10.5. The number of rotatable bonds is 4. The van der Waals surface area contributed by atoms with Crippen LogP contribution in [0.25, 0.3) is 0 Å². The van der Waals surface area contributed by atoms with Crippen LogP contribution in [0.2, 0.25) is 0 Å². The van der Waals surface area contributed by atoms with E-state index in [-0.39, 0.29) is 5.97 Å². The second-order valence-electron chi connectivity index (χ2n) is 1.71. The Hall–Kier alpha value is -1.01. The topological polar surface area (TPSA) is 38.3 Å². The molecule has 0 rings (SSSR count). The molecule has 0 amide bonds. The quantitative estimate of drug-likeness (QED) is 0.334. The lowest BCUT2D eigenvalue weighted by molar-refractivity contribution is -0.140. The molecule has 0 aliphatic carbocycles. The van der Waals surface area contributed by atoms with E-state index in [0.717, 1.165) is 0 Å². The van der Waals surface area contributed by atoms with Crippen molar-refractivity contribution in [1.29, 1.82) is 0 Å². The van der Waals surface area contributed by atoms with Crippen LogP contribution >= 0.6 is 0 Å². The number of esters is 1. The molecule has 0 saturated heterocycles. The highest BCUT2D eigenvalue weighted by molar-refractivity contribution is 5.69. The standard InChI is InChI=1S/C7H11NO2/c1-3-5-8-6-4-7(9)10-2/h1,8H,4-6H2,2H3. The van der Waals surface area contributed by atoms with Crippen molar-refractivity contribution in [3.05, 3.63) is 0 Å². The lowest BCUT2D eigenvalue weighted by Crippen LogP contribution is -2.18. The maximum atomic E-state index is 10.5. The van der Waals surface area contributed by atoms with Gasteiger partial charge < -0.3 is 10.1 Å². The largest absolute Gasteiger partial charge is 0.469 e. The molecular weight excluding hydrogens is 130 g/mol. The highest BCUT2D eigenvalue weighted by atomic mass is 16.5. The fourth-order valence-corrected chi connectivity index (χ4v) is 0.453. The smallest absolute Gasteiger partial charge is 0.306 e. The van der Waals surface area contributed by atoms with Crippen molar-refractivity contribution in [1.82, 2.24) is 5.32 Å². The Morgan fingerprint density at radius 3 is 3.00 bits per heavy atom. The van der Waals surface area contributed by atoms with Gasteiger partial charge in [0.1, 0.15) is 0 Å². The van der Waals surface area contributed by atoms with Gasteiger partial charge in [-0.25, -0.2) is 0 Å². The number of hydrogen-bond acceptors (Lipinski definition) is 3. The van der Waals surface area contributed by atoms with Crippen LogP contribution in [0.1, 0.15) is 6.42 Å². The zero-order valence-electron chi connectivity index (χ0n) is 6.02. The lowest BCUT2D eigenvalue weighted by Gasteiger charge is -1.97. The van der Waals surface area contributed by atoms with Crippen LogP contribution in [-0.4, -0.2) is 26.2 Å². The molecule has 10 heavy (non-hydrogen) atoms. The maximum Gasteiger partial charge on any atom is 0.306 e. The second-order valence-corrected chi connectivity index (χ2v) is 1.71. The average molecular weight is 141 g/mol. The molecule has 0 heterocycles. The SMILES string of the molecule is C#CCNCCC(=O)OC. The minimum atomic E-state index is -0.218. The molecule has 1 N–H and O–H groups in total. The van der Waals surface area contributed by atoms with Gasteiger partial charge in [-0.2, -0.15) is 0 Å². The van der Waals surface area contributed by atoms with Gasteiger partial charge in [0.05, 0.1) is 20.1 Å². The van der Waals surface area contributed by atoms with Gasteiger partial charge in [-0.15, -0.1) is 6.42 Å². The fourth-order valence-electron chi connectivity index (χ4n) is 0.453. The van der Waals surface area contributed by atoms with E-state index >= 15 is 0 Å². The molecule has 0 bridgehead atoms. The Balaban J connectivity index is 3.05. The van der Waals surface area contributed by atoms with Gasteiger partial charge in [0.25, 0.3) is 0 Å². The van der Waals surface area contributed by atoms with Crippen molar-refractivity contribution >= 4 is 5.97 Å². The van der Waals surface area contributed by atoms with E-state index in [9.17, 15) is 4.79 Å². The first-order valence-corrected chi connectivity index (χ1v) is 3.02. The molecule has 3 nitrogen and oxygen atoms in total. The molecule has 3 heteroatoms. The molecule has 0 aliphatic rings. The highest BCUT2D eigenvalue weighted by Crippen LogP contribution is 1.79. The predicted octanol–water partition coefficient (Wildman–Crippen LogP) is -0.228. The summed E-state index contributed by atoms with van der Waals surface area (Å²) in [6, 6.07) is 0. The van der Waals surface area contributed by atoms with Gasteiger partial charge >= 0.3 is 5.97 Å². The zero-order chi connectivity index (χ0) is 7.82. The predicted molar refractivity (Wildman–Crippen MR) is 38.3 cm³/mol. The first kappa shape index (κ1) is 8.99. The third kappa shape index (κ3) is 5.13. The van der Waals surface area contributed by atoms with Crippen LogP contribution in [0.5, 0.6) is 0 Å². The van der Waals surface area contributed by atoms with Crippen LogP contribution in [-0.2, 0) is 9.53 Å². The molecule has 0 aromatic rings. The van der Waals surface area contributed by atoms with Crippen molar-refractivity contribution in [2.24, 2.45) is 0 Å². The molecule has 0 aromatic carbocycles. The minimum absolute atomic E-state index is 0.218. The van der Waals surface area contributed by atoms with E-state index < -0.39 is 0 Å². The molecule has 0 fully saturated rings. The van der Waals surface area contributed by atoms with Gasteiger partial charge in [-0.1, -0.05) is 5.92 Å². The summed E-state index contributed by atoms with van der Waals surface area (Å²) in [5, 5.41) is 2.86. The minimum Gasteiger partial charge on any atom is -0.469 e. The zero-order valence-corrected chi connectivity index (χ0v) is 6.02. The summed E-state index contributed by atoms with van der Waals surface area (Å²) in [6.45, 7) is 1.08. The van der Waals surface area contributed by atoms with E-state index in [1.54, 1.807) is 0 Å². The summed E-state index contributed by atoms with van der Waals surface area (Å²) in [7, 11) is 1.36. The monoisotopic (exact) mass is 141 g/mol. The first-order chi connectivity index (χ1) is 4.81. The fraction of sp³-hybridized carbons (Fsp3) is 0.571. The Morgan fingerprint density at radius 1 is 1.80 bits per heavy atom. The molecule has 0 unspecified atom stereocenters.